The van der Waals surface area contributed by atoms with Gasteiger partial charge in [0.15, 0.2) is 0 Å². The van der Waals surface area contributed by atoms with Crippen LogP contribution in [0.5, 0.6) is 5.75 Å². The first-order valence-corrected chi connectivity index (χ1v) is 9.68. The van der Waals surface area contributed by atoms with E-state index in [9.17, 15) is 9.59 Å². The molecule has 0 saturated heterocycles. The Labute approximate surface area is 164 Å². The number of hydrogen-bond donors (Lipinski definition) is 0. The Morgan fingerprint density at radius 2 is 1.46 bits per heavy atom. The number of nitrogens with zero attached hydrogens (tertiary/aromatic N) is 1. The molecule has 0 saturated carbocycles. The van der Waals surface area contributed by atoms with Crippen molar-refractivity contribution in [3.8, 4) is 5.75 Å². The van der Waals surface area contributed by atoms with E-state index in [2.05, 4.69) is 13.8 Å². The van der Waals surface area contributed by atoms with Crippen molar-refractivity contribution < 1.29 is 14.3 Å². The Bertz CT molecular complexity index is 1070. The van der Waals surface area contributed by atoms with E-state index < -0.39 is 0 Å². The molecule has 0 fully saturated rings. The molecule has 1 aliphatic heterocycles. The largest absolute Gasteiger partial charge is 0.492 e. The van der Waals surface area contributed by atoms with E-state index in [0.717, 1.165) is 22.8 Å². The van der Waals surface area contributed by atoms with Crippen LogP contribution in [0.3, 0.4) is 0 Å². The number of imide groups is 1. The highest BCUT2D eigenvalue weighted by Gasteiger charge is 2.42. The zero-order valence-corrected chi connectivity index (χ0v) is 16.4. The quantitative estimate of drug-likeness (QED) is 0.575. The summed E-state index contributed by atoms with van der Waals surface area (Å²) >= 11 is 0. The highest BCUT2D eigenvalue weighted by atomic mass is 16.5. The molecule has 0 N–H and O–H groups in total. The molecule has 0 atom stereocenters. The summed E-state index contributed by atoms with van der Waals surface area (Å²) in [6, 6.07) is 17.0. The Morgan fingerprint density at radius 3 is 2.11 bits per heavy atom. The van der Waals surface area contributed by atoms with Gasteiger partial charge in [0, 0.05) is 5.39 Å². The van der Waals surface area contributed by atoms with Gasteiger partial charge >= 0.3 is 0 Å². The average molecular weight is 373 g/mol. The first kappa shape index (κ1) is 18.2. The fourth-order valence-corrected chi connectivity index (χ4v) is 3.96. The van der Waals surface area contributed by atoms with Gasteiger partial charge in [-0.15, -0.1) is 0 Å². The molecule has 0 aromatic heterocycles. The number of hydrogen-bond acceptors (Lipinski definition) is 3. The summed E-state index contributed by atoms with van der Waals surface area (Å²) in [5.41, 5.74) is 2.39. The van der Waals surface area contributed by atoms with Crippen molar-refractivity contribution in [1.82, 2.24) is 0 Å². The fourth-order valence-electron chi connectivity index (χ4n) is 3.96. The predicted octanol–water partition coefficient (Wildman–Crippen LogP) is 5.24. The highest BCUT2D eigenvalue weighted by Crippen LogP contribution is 2.43. The second-order valence-electron chi connectivity index (χ2n) is 7.42. The van der Waals surface area contributed by atoms with Crippen LogP contribution in [0.25, 0.3) is 10.8 Å². The van der Waals surface area contributed by atoms with Gasteiger partial charge in [0.05, 0.1) is 23.4 Å². The molecule has 0 bridgehead atoms. The molecule has 142 valence electrons. The molecule has 2 amide bonds. The second-order valence-corrected chi connectivity index (χ2v) is 7.42. The number of rotatable bonds is 5. The molecule has 28 heavy (non-hydrogen) atoms. The summed E-state index contributed by atoms with van der Waals surface area (Å²) in [6.07, 6.45) is 0.719. The molecular weight excluding hydrogens is 350 g/mol. The van der Waals surface area contributed by atoms with E-state index in [1.54, 1.807) is 12.1 Å². The molecular formula is C24H23NO3. The number of carbonyl (C=O) groups excluding carboxylic acids is 2. The van der Waals surface area contributed by atoms with Crippen LogP contribution in [0.15, 0.2) is 54.6 Å². The summed E-state index contributed by atoms with van der Waals surface area (Å²) in [4.78, 5) is 28.1. The fraction of sp³-hybridized carbons (Fsp3) is 0.250. The lowest BCUT2D eigenvalue weighted by atomic mass is 9.89. The topological polar surface area (TPSA) is 46.6 Å². The molecule has 1 heterocycles. The van der Waals surface area contributed by atoms with E-state index in [4.69, 9.17) is 4.74 Å². The Hall–Kier alpha value is -3.14. The number of ether oxygens (including phenoxy) is 1. The van der Waals surface area contributed by atoms with E-state index in [1.807, 2.05) is 49.4 Å². The van der Waals surface area contributed by atoms with Gasteiger partial charge in [-0.05, 0) is 42.3 Å². The molecule has 0 aliphatic carbocycles. The van der Waals surface area contributed by atoms with Crippen molar-refractivity contribution in [1.29, 1.82) is 0 Å². The molecule has 3 aromatic rings. The third-order valence-corrected chi connectivity index (χ3v) is 5.03. The van der Waals surface area contributed by atoms with Crippen LogP contribution in [0, 0.1) is 5.92 Å². The maximum absolute atomic E-state index is 13.5. The van der Waals surface area contributed by atoms with Gasteiger partial charge in [-0.25, -0.2) is 4.90 Å². The van der Waals surface area contributed by atoms with Crippen molar-refractivity contribution >= 4 is 28.3 Å². The van der Waals surface area contributed by atoms with Gasteiger partial charge in [0.2, 0.25) is 0 Å². The molecule has 3 aromatic carbocycles. The van der Waals surface area contributed by atoms with Crippen molar-refractivity contribution in [2.75, 3.05) is 11.5 Å². The van der Waals surface area contributed by atoms with Gasteiger partial charge in [-0.3, -0.25) is 9.59 Å². The zero-order chi connectivity index (χ0) is 19.8. The molecule has 1 aliphatic rings. The number of fused-ring (bicyclic) bond motifs is 2. The summed E-state index contributed by atoms with van der Waals surface area (Å²) in [6.45, 7) is 6.55. The summed E-state index contributed by atoms with van der Waals surface area (Å²) in [5.74, 6) is 0.274. The van der Waals surface area contributed by atoms with E-state index >= 15 is 0 Å². The van der Waals surface area contributed by atoms with Crippen LogP contribution in [0.4, 0.5) is 5.69 Å². The van der Waals surface area contributed by atoms with Crippen molar-refractivity contribution in [3.63, 3.8) is 0 Å². The summed E-state index contributed by atoms with van der Waals surface area (Å²) < 4.78 is 5.93. The minimum Gasteiger partial charge on any atom is -0.492 e. The van der Waals surface area contributed by atoms with Crippen molar-refractivity contribution in [3.05, 3.63) is 71.3 Å². The molecule has 4 nitrogen and oxygen atoms in total. The minimum absolute atomic E-state index is 0.270. The van der Waals surface area contributed by atoms with Gasteiger partial charge in [-0.2, -0.15) is 0 Å². The van der Waals surface area contributed by atoms with Gasteiger partial charge < -0.3 is 4.74 Å². The highest BCUT2D eigenvalue weighted by molar-refractivity contribution is 6.37. The maximum Gasteiger partial charge on any atom is 0.269 e. The van der Waals surface area contributed by atoms with Crippen LogP contribution >= 0.6 is 0 Å². The number of amides is 2. The van der Waals surface area contributed by atoms with Gasteiger partial charge in [-0.1, -0.05) is 56.3 Å². The summed E-state index contributed by atoms with van der Waals surface area (Å²) in [5, 5.41) is 1.87. The number of carbonyl (C=O) groups is 2. The number of benzene rings is 3. The Balaban J connectivity index is 2.05. The average Bonchev–Trinajstić information content (AvgIpc) is 2.95. The lowest BCUT2D eigenvalue weighted by Gasteiger charge is -2.17. The second kappa shape index (κ2) is 7.12. The number of anilines is 1. The van der Waals surface area contributed by atoms with E-state index in [-0.39, 0.29) is 11.8 Å². The van der Waals surface area contributed by atoms with Crippen LogP contribution in [0.1, 0.15) is 47.1 Å². The first-order valence-electron chi connectivity index (χ1n) is 9.68. The SMILES string of the molecule is CCOc1c2c(c(CC(C)C)c3ccccc13)C(=O)N(c1ccccc1)C2=O. The third-order valence-electron chi connectivity index (χ3n) is 5.03. The monoisotopic (exact) mass is 373 g/mol. The van der Waals surface area contributed by atoms with E-state index in [0.29, 0.717) is 35.1 Å². The minimum atomic E-state index is -0.314. The standard InChI is InChI=1S/C24H23NO3/c1-4-28-22-18-13-9-8-12-17(18)19(14-15(2)3)20-21(22)24(27)25(23(20)26)16-10-6-5-7-11-16/h5-13,15H,4,14H2,1-3H3. The van der Waals surface area contributed by atoms with Crippen LogP contribution < -0.4 is 9.64 Å². The third kappa shape index (κ3) is 2.76. The van der Waals surface area contributed by atoms with Crippen LogP contribution in [0.2, 0.25) is 0 Å². The normalized spacial score (nSPS) is 13.5. The number of para-hydroxylation sites is 1. The zero-order valence-electron chi connectivity index (χ0n) is 16.4. The molecule has 4 rings (SSSR count). The molecule has 0 unspecified atom stereocenters. The van der Waals surface area contributed by atoms with Crippen LogP contribution in [-0.4, -0.2) is 18.4 Å². The van der Waals surface area contributed by atoms with Gasteiger partial charge in [0.1, 0.15) is 5.75 Å². The van der Waals surface area contributed by atoms with Crippen LogP contribution in [-0.2, 0) is 6.42 Å². The van der Waals surface area contributed by atoms with Crippen molar-refractivity contribution in [2.24, 2.45) is 5.92 Å². The Morgan fingerprint density at radius 1 is 0.857 bits per heavy atom. The first-order chi connectivity index (χ1) is 13.5. The lowest BCUT2D eigenvalue weighted by molar-refractivity contribution is 0.0925. The maximum atomic E-state index is 13.5. The Kier molecular flexibility index (Phi) is 4.63. The summed E-state index contributed by atoms with van der Waals surface area (Å²) in [7, 11) is 0. The molecule has 0 spiro atoms. The molecule has 0 radical (unpaired) electrons. The van der Waals surface area contributed by atoms with Crippen molar-refractivity contribution in [2.45, 2.75) is 27.2 Å². The van der Waals surface area contributed by atoms with Gasteiger partial charge in [0.25, 0.3) is 11.8 Å². The predicted molar refractivity (Wildman–Crippen MR) is 111 cm³/mol. The lowest BCUT2D eigenvalue weighted by Crippen LogP contribution is -2.29. The molecule has 4 heteroatoms. The van der Waals surface area contributed by atoms with E-state index in [1.165, 1.54) is 4.90 Å². The smallest absolute Gasteiger partial charge is 0.269 e.